The first-order valence-electron chi connectivity index (χ1n) is 6.25. The Morgan fingerprint density at radius 2 is 2.15 bits per heavy atom. The van der Waals surface area contributed by atoms with Crippen molar-refractivity contribution in [2.45, 2.75) is 16.6 Å². The largest absolute Gasteiger partial charge is 0.489 e. The molecular formula is C15H13BrFNOS. The minimum atomic E-state index is -0.371. The summed E-state index contributed by atoms with van der Waals surface area (Å²) in [5.41, 5.74) is 7.46. The van der Waals surface area contributed by atoms with Gasteiger partial charge in [0.15, 0.2) is 5.75 Å². The first-order valence-corrected chi connectivity index (χ1v) is 7.92. The summed E-state index contributed by atoms with van der Waals surface area (Å²) in [4.78, 5) is 1.31. The second-order valence-corrected chi connectivity index (χ2v) is 6.87. The van der Waals surface area contributed by atoms with Gasteiger partial charge in [0.2, 0.25) is 0 Å². The highest BCUT2D eigenvalue weighted by Gasteiger charge is 2.23. The predicted molar refractivity (Wildman–Crippen MR) is 83.8 cm³/mol. The minimum absolute atomic E-state index is 0.317. The van der Waals surface area contributed by atoms with Crippen molar-refractivity contribution < 1.29 is 9.13 Å². The summed E-state index contributed by atoms with van der Waals surface area (Å²) in [5, 5.41) is 0.365. The third-order valence-corrected chi connectivity index (χ3v) is 5.04. The van der Waals surface area contributed by atoms with Crippen LogP contribution in [0.5, 0.6) is 5.75 Å². The summed E-state index contributed by atoms with van der Waals surface area (Å²) < 4.78 is 19.5. The van der Waals surface area contributed by atoms with Gasteiger partial charge in [-0.05, 0) is 40.0 Å². The lowest BCUT2D eigenvalue weighted by Gasteiger charge is -2.14. The smallest absolute Gasteiger partial charge is 0.156 e. The van der Waals surface area contributed by atoms with E-state index in [-0.39, 0.29) is 5.82 Å². The molecule has 0 aliphatic carbocycles. The Morgan fingerprint density at radius 3 is 2.90 bits per heavy atom. The van der Waals surface area contributed by atoms with Crippen LogP contribution in [0.2, 0.25) is 0 Å². The summed E-state index contributed by atoms with van der Waals surface area (Å²) in [7, 11) is 0. The molecule has 5 heteroatoms. The van der Waals surface area contributed by atoms with E-state index in [4.69, 9.17) is 10.5 Å². The molecule has 0 amide bonds. The topological polar surface area (TPSA) is 35.2 Å². The molecule has 2 aromatic carbocycles. The minimum Gasteiger partial charge on any atom is -0.489 e. The van der Waals surface area contributed by atoms with Crippen LogP contribution in [0.1, 0.15) is 5.56 Å². The van der Waals surface area contributed by atoms with Crippen molar-refractivity contribution in [3.63, 3.8) is 0 Å². The van der Waals surface area contributed by atoms with Gasteiger partial charge < -0.3 is 10.5 Å². The molecule has 0 radical (unpaired) electrons. The number of rotatable bonds is 3. The van der Waals surface area contributed by atoms with Crippen LogP contribution in [-0.2, 0) is 6.42 Å². The van der Waals surface area contributed by atoms with E-state index in [2.05, 4.69) is 34.1 Å². The SMILES string of the molecule is Nc1cc(F)cc(Br)c1OCC1Cc2ccccc2S1. The van der Waals surface area contributed by atoms with Crippen molar-refractivity contribution in [2.24, 2.45) is 0 Å². The molecule has 0 saturated heterocycles. The molecule has 0 spiro atoms. The van der Waals surface area contributed by atoms with Gasteiger partial charge in [-0.15, -0.1) is 11.8 Å². The fourth-order valence-electron chi connectivity index (χ4n) is 2.26. The van der Waals surface area contributed by atoms with Crippen LogP contribution >= 0.6 is 27.7 Å². The average Bonchev–Trinajstić information content (AvgIpc) is 2.80. The van der Waals surface area contributed by atoms with E-state index in [0.717, 1.165) is 6.42 Å². The quantitative estimate of drug-likeness (QED) is 0.837. The number of nitrogens with two attached hydrogens (primary N) is 1. The standard InChI is InChI=1S/C15H13BrFNOS/c16-12-6-10(17)7-13(18)15(12)19-8-11-5-9-3-1-2-4-14(9)20-11/h1-4,6-7,11H,5,8,18H2. The van der Waals surface area contributed by atoms with Gasteiger partial charge in [0.1, 0.15) is 12.4 Å². The van der Waals surface area contributed by atoms with Crippen molar-refractivity contribution in [3.8, 4) is 5.75 Å². The second kappa shape index (κ2) is 5.66. The number of hydrogen-bond donors (Lipinski definition) is 1. The zero-order valence-corrected chi connectivity index (χ0v) is 13.0. The molecule has 2 N–H and O–H groups in total. The summed E-state index contributed by atoms with van der Waals surface area (Å²) >= 11 is 5.10. The number of benzene rings is 2. The summed E-state index contributed by atoms with van der Waals surface area (Å²) in [6, 6.07) is 11.0. The van der Waals surface area contributed by atoms with E-state index in [1.54, 1.807) is 0 Å². The monoisotopic (exact) mass is 353 g/mol. The lowest BCUT2D eigenvalue weighted by Crippen LogP contribution is -2.14. The number of ether oxygens (including phenoxy) is 1. The maximum absolute atomic E-state index is 13.2. The Balaban J connectivity index is 1.67. The van der Waals surface area contributed by atoms with Crippen LogP contribution in [0.15, 0.2) is 45.8 Å². The summed E-state index contributed by atoms with van der Waals surface area (Å²) in [6.45, 7) is 0.549. The van der Waals surface area contributed by atoms with Gasteiger partial charge >= 0.3 is 0 Å². The zero-order valence-electron chi connectivity index (χ0n) is 10.6. The van der Waals surface area contributed by atoms with Crippen LogP contribution in [0.3, 0.4) is 0 Å². The normalized spacial score (nSPS) is 17.0. The number of anilines is 1. The molecule has 2 nitrogen and oxygen atoms in total. The van der Waals surface area contributed by atoms with E-state index in [9.17, 15) is 4.39 Å². The van der Waals surface area contributed by atoms with Crippen molar-refractivity contribution in [2.75, 3.05) is 12.3 Å². The molecule has 1 aliphatic heterocycles. The number of hydrogen-bond acceptors (Lipinski definition) is 3. The average molecular weight is 354 g/mol. The molecule has 1 atom stereocenters. The molecule has 0 saturated carbocycles. The third-order valence-electron chi connectivity index (χ3n) is 3.16. The van der Waals surface area contributed by atoms with Crippen LogP contribution in [-0.4, -0.2) is 11.9 Å². The van der Waals surface area contributed by atoms with E-state index in [1.807, 2.05) is 17.8 Å². The fraction of sp³-hybridized carbons (Fsp3) is 0.200. The maximum Gasteiger partial charge on any atom is 0.156 e. The number of nitrogen functional groups attached to an aromatic ring is 1. The molecule has 1 aliphatic rings. The Hall–Kier alpha value is -1.20. The predicted octanol–water partition coefficient (Wildman–Crippen LogP) is 4.27. The van der Waals surface area contributed by atoms with E-state index in [1.165, 1.54) is 22.6 Å². The van der Waals surface area contributed by atoms with Crippen LogP contribution < -0.4 is 10.5 Å². The Morgan fingerprint density at radius 1 is 1.35 bits per heavy atom. The molecule has 0 aromatic heterocycles. The van der Waals surface area contributed by atoms with Gasteiger partial charge in [0.05, 0.1) is 10.2 Å². The molecule has 0 fully saturated rings. The highest BCUT2D eigenvalue weighted by molar-refractivity contribution is 9.10. The molecule has 104 valence electrons. The molecule has 2 aromatic rings. The maximum atomic E-state index is 13.2. The van der Waals surface area contributed by atoms with Gasteiger partial charge in [-0.2, -0.15) is 0 Å². The fourth-order valence-corrected chi connectivity index (χ4v) is 4.04. The van der Waals surface area contributed by atoms with Crippen LogP contribution in [0.4, 0.5) is 10.1 Å². The van der Waals surface area contributed by atoms with Gasteiger partial charge in [0, 0.05) is 16.2 Å². The molecule has 1 unspecified atom stereocenters. The highest BCUT2D eigenvalue weighted by atomic mass is 79.9. The lowest BCUT2D eigenvalue weighted by atomic mass is 10.1. The van der Waals surface area contributed by atoms with Gasteiger partial charge in [0.25, 0.3) is 0 Å². The Kier molecular flexibility index (Phi) is 3.89. The van der Waals surface area contributed by atoms with Crippen molar-refractivity contribution in [1.29, 1.82) is 0 Å². The number of thioether (sulfide) groups is 1. The van der Waals surface area contributed by atoms with Gasteiger partial charge in [-0.1, -0.05) is 18.2 Å². The van der Waals surface area contributed by atoms with Crippen molar-refractivity contribution in [1.82, 2.24) is 0 Å². The first kappa shape index (κ1) is 13.8. The highest BCUT2D eigenvalue weighted by Crippen LogP contribution is 2.38. The lowest BCUT2D eigenvalue weighted by molar-refractivity contribution is 0.317. The third kappa shape index (κ3) is 2.79. The molecular weight excluding hydrogens is 341 g/mol. The van der Waals surface area contributed by atoms with Crippen molar-refractivity contribution in [3.05, 3.63) is 52.3 Å². The molecule has 0 bridgehead atoms. The number of halogens is 2. The van der Waals surface area contributed by atoms with Gasteiger partial charge in [-0.3, -0.25) is 0 Å². The van der Waals surface area contributed by atoms with E-state index in [0.29, 0.717) is 27.8 Å². The summed E-state index contributed by atoms with van der Waals surface area (Å²) in [5.74, 6) is 0.146. The molecule has 1 heterocycles. The Labute approximate surface area is 129 Å². The van der Waals surface area contributed by atoms with E-state index >= 15 is 0 Å². The number of fused-ring (bicyclic) bond motifs is 1. The van der Waals surface area contributed by atoms with E-state index < -0.39 is 0 Å². The second-order valence-electron chi connectivity index (χ2n) is 4.67. The first-order chi connectivity index (χ1) is 9.63. The Bertz CT molecular complexity index is 602. The van der Waals surface area contributed by atoms with Crippen LogP contribution in [0.25, 0.3) is 0 Å². The zero-order chi connectivity index (χ0) is 14.1. The van der Waals surface area contributed by atoms with Crippen LogP contribution in [0, 0.1) is 5.82 Å². The molecule has 3 rings (SSSR count). The summed E-state index contributed by atoms with van der Waals surface area (Å²) in [6.07, 6.45) is 0.986. The van der Waals surface area contributed by atoms with Crippen molar-refractivity contribution >= 4 is 33.4 Å². The van der Waals surface area contributed by atoms with Gasteiger partial charge in [-0.25, -0.2) is 4.39 Å². The molecule has 20 heavy (non-hydrogen) atoms.